The lowest BCUT2D eigenvalue weighted by Gasteiger charge is -2.33. The van der Waals surface area contributed by atoms with E-state index in [2.05, 4.69) is 5.32 Å². The zero-order valence-corrected chi connectivity index (χ0v) is 12.5. The van der Waals surface area contributed by atoms with E-state index in [1.165, 1.54) is 0 Å². The van der Waals surface area contributed by atoms with Gasteiger partial charge in [0.05, 0.1) is 6.61 Å². The van der Waals surface area contributed by atoms with Crippen molar-refractivity contribution < 1.29 is 9.90 Å². The molecule has 1 aliphatic carbocycles. The Bertz CT molecular complexity index is 450. The van der Waals surface area contributed by atoms with E-state index in [4.69, 9.17) is 5.73 Å². The highest BCUT2D eigenvalue weighted by Gasteiger charge is 2.42. The minimum atomic E-state index is -0.851. The highest BCUT2D eigenvalue weighted by molar-refractivity contribution is 8.00. The monoisotopic (exact) mass is 294 g/mol. The van der Waals surface area contributed by atoms with Crippen molar-refractivity contribution in [1.82, 2.24) is 5.32 Å². The molecule has 0 bridgehead atoms. The summed E-state index contributed by atoms with van der Waals surface area (Å²) >= 11 is 1.56. The summed E-state index contributed by atoms with van der Waals surface area (Å²) in [6.07, 6.45) is 2.17. The van der Waals surface area contributed by atoms with Crippen LogP contribution >= 0.6 is 11.8 Å². The van der Waals surface area contributed by atoms with Gasteiger partial charge in [0.15, 0.2) is 0 Å². The maximum absolute atomic E-state index is 12.2. The molecule has 0 aliphatic heterocycles. The molecule has 1 aromatic carbocycles. The van der Waals surface area contributed by atoms with Gasteiger partial charge in [-0.05, 0) is 18.4 Å². The molecule has 1 fully saturated rings. The summed E-state index contributed by atoms with van der Waals surface area (Å²) in [6, 6.07) is 10.0. The number of amides is 1. The van der Waals surface area contributed by atoms with E-state index in [9.17, 15) is 9.90 Å². The topological polar surface area (TPSA) is 75.3 Å². The summed E-state index contributed by atoms with van der Waals surface area (Å²) in [7, 11) is 0. The Morgan fingerprint density at radius 3 is 2.65 bits per heavy atom. The number of aliphatic hydroxyl groups is 1. The van der Waals surface area contributed by atoms with Crippen LogP contribution in [0.4, 0.5) is 0 Å². The lowest BCUT2D eigenvalue weighted by Crippen LogP contribution is -2.55. The van der Waals surface area contributed by atoms with Crippen molar-refractivity contribution in [2.75, 3.05) is 12.4 Å². The molecule has 5 heteroatoms. The fraction of sp³-hybridized carbons (Fsp3) is 0.533. The molecule has 0 radical (unpaired) electrons. The van der Waals surface area contributed by atoms with Crippen molar-refractivity contribution in [3.05, 3.63) is 35.9 Å². The normalized spacial score (nSPS) is 19.3. The number of thioether (sulfide) groups is 1. The van der Waals surface area contributed by atoms with Gasteiger partial charge in [0, 0.05) is 17.0 Å². The number of primary amides is 1. The van der Waals surface area contributed by atoms with Gasteiger partial charge in [-0.3, -0.25) is 10.1 Å². The predicted octanol–water partition coefficient (Wildman–Crippen LogP) is 1.23. The number of rotatable bonds is 8. The number of carbonyl (C=O) groups excluding carboxylic acids is 1. The minimum Gasteiger partial charge on any atom is -0.395 e. The standard InChI is InChI=1S/C15H22N2O2S/c1-11(9-18)20-10-15(14(16)19,17-13-7-8-13)12-5-3-2-4-6-12/h2-6,11,13,17-18H,7-10H2,1H3,(H2,16,19). The second kappa shape index (κ2) is 6.61. The largest absolute Gasteiger partial charge is 0.395 e. The molecule has 0 saturated heterocycles. The average molecular weight is 294 g/mol. The predicted molar refractivity (Wildman–Crippen MR) is 82.5 cm³/mol. The van der Waals surface area contributed by atoms with E-state index in [0.717, 1.165) is 18.4 Å². The molecular formula is C15H22N2O2S. The number of nitrogens with one attached hydrogen (secondary N) is 1. The van der Waals surface area contributed by atoms with Crippen molar-refractivity contribution in [2.45, 2.75) is 36.6 Å². The Morgan fingerprint density at radius 2 is 2.15 bits per heavy atom. The highest BCUT2D eigenvalue weighted by atomic mass is 32.2. The number of hydrogen-bond acceptors (Lipinski definition) is 4. The zero-order chi connectivity index (χ0) is 14.6. The van der Waals surface area contributed by atoms with Crippen LogP contribution in [0.25, 0.3) is 0 Å². The first-order valence-corrected chi connectivity index (χ1v) is 7.99. The van der Waals surface area contributed by atoms with Crippen molar-refractivity contribution in [3.63, 3.8) is 0 Å². The molecule has 1 aromatic rings. The molecule has 4 nitrogen and oxygen atoms in total. The van der Waals surface area contributed by atoms with Crippen molar-refractivity contribution >= 4 is 17.7 Å². The van der Waals surface area contributed by atoms with Gasteiger partial charge in [-0.25, -0.2) is 0 Å². The molecule has 20 heavy (non-hydrogen) atoms. The third-order valence-corrected chi connectivity index (χ3v) is 4.87. The molecule has 0 spiro atoms. The smallest absolute Gasteiger partial charge is 0.243 e. The Balaban J connectivity index is 2.26. The third kappa shape index (κ3) is 3.53. The quantitative estimate of drug-likeness (QED) is 0.674. The van der Waals surface area contributed by atoms with Crippen LogP contribution in [0.1, 0.15) is 25.3 Å². The minimum absolute atomic E-state index is 0.0819. The van der Waals surface area contributed by atoms with Gasteiger partial charge >= 0.3 is 0 Å². The van der Waals surface area contributed by atoms with Crippen molar-refractivity contribution in [2.24, 2.45) is 5.73 Å². The Kier molecular flexibility index (Phi) is 5.07. The highest BCUT2D eigenvalue weighted by Crippen LogP contribution is 2.32. The van der Waals surface area contributed by atoms with Crippen LogP contribution in [0, 0.1) is 0 Å². The molecule has 2 rings (SSSR count). The molecule has 2 unspecified atom stereocenters. The Morgan fingerprint density at radius 1 is 1.50 bits per heavy atom. The van der Waals surface area contributed by atoms with Gasteiger partial charge in [-0.1, -0.05) is 37.3 Å². The van der Waals surface area contributed by atoms with Gasteiger partial charge in [0.2, 0.25) is 5.91 Å². The second-order valence-corrected chi connectivity index (χ2v) is 6.79. The van der Waals surface area contributed by atoms with Gasteiger partial charge in [-0.15, -0.1) is 0 Å². The number of benzene rings is 1. The molecule has 1 aliphatic rings. The van der Waals surface area contributed by atoms with Gasteiger partial charge < -0.3 is 10.8 Å². The van der Waals surface area contributed by atoms with E-state index in [1.54, 1.807) is 11.8 Å². The summed E-state index contributed by atoms with van der Waals surface area (Å²) in [5.74, 6) is 0.179. The molecule has 4 N–H and O–H groups in total. The third-order valence-electron chi connectivity index (χ3n) is 3.56. The lowest BCUT2D eigenvalue weighted by atomic mass is 9.91. The summed E-state index contributed by atoms with van der Waals surface area (Å²) in [4.78, 5) is 12.2. The van der Waals surface area contributed by atoms with Crippen LogP contribution in [0.2, 0.25) is 0 Å². The van der Waals surface area contributed by atoms with Crippen LogP contribution in [-0.2, 0) is 10.3 Å². The molecule has 1 saturated carbocycles. The number of nitrogens with two attached hydrogens (primary N) is 1. The van der Waals surface area contributed by atoms with Crippen molar-refractivity contribution in [1.29, 1.82) is 0 Å². The molecule has 2 atom stereocenters. The number of aliphatic hydroxyl groups excluding tert-OH is 1. The molecular weight excluding hydrogens is 272 g/mol. The van der Waals surface area contributed by atoms with E-state index < -0.39 is 5.54 Å². The van der Waals surface area contributed by atoms with E-state index in [-0.39, 0.29) is 17.8 Å². The molecule has 0 heterocycles. The maximum Gasteiger partial charge on any atom is 0.243 e. The second-order valence-electron chi connectivity index (χ2n) is 5.36. The fourth-order valence-corrected chi connectivity index (χ4v) is 3.14. The molecule has 110 valence electrons. The number of hydrogen-bond donors (Lipinski definition) is 3. The van der Waals surface area contributed by atoms with Crippen LogP contribution in [-0.4, -0.2) is 34.7 Å². The average Bonchev–Trinajstić information content (AvgIpc) is 3.27. The first kappa shape index (κ1) is 15.4. The van der Waals surface area contributed by atoms with Crippen LogP contribution < -0.4 is 11.1 Å². The first-order chi connectivity index (χ1) is 9.58. The van der Waals surface area contributed by atoms with Crippen LogP contribution in [0.15, 0.2) is 30.3 Å². The van der Waals surface area contributed by atoms with E-state index in [1.807, 2.05) is 37.3 Å². The Hall–Kier alpha value is -1.04. The maximum atomic E-state index is 12.2. The SMILES string of the molecule is CC(CO)SCC(NC1CC1)(C(N)=O)c1ccccc1. The van der Waals surface area contributed by atoms with Gasteiger partial charge in [0.25, 0.3) is 0 Å². The number of carbonyl (C=O) groups is 1. The molecule has 1 amide bonds. The molecule has 0 aromatic heterocycles. The lowest BCUT2D eigenvalue weighted by molar-refractivity contribution is -0.124. The summed E-state index contributed by atoms with van der Waals surface area (Å²) < 4.78 is 0. The van der Waals surface area contributed by atoms with Crippen LogP contribution in [0.5, 0.6) is 0 Å². The van der Waals surface area contributed by atoms with Gasteiger partial charge in [0.1, 0.15) is 5.54 Å². The van der Waals surface area contributed by atoms with Gasteiger partial charge in [-0.2, -0.15) is 11.8 Å². The van der Waals surface area contributed by atoms with Crippen molar-refractivity contribution in [3.8, 4) is 0 Å². The van der Waals surface area contributed by atoms with E-state index >= 15 is 0 Å². The summed E-state index contributed by atoms with van der Waals surface area (Å²) in [5.41, 5.74) is 5.78. The Labute approximate surface area is 124 Å². The van der Waals surface area contributed by atoms with Crippen LogP contribution in [0.3, 0.4) is 0 Å². The zero-order valence-electron chi connectivity index (χ0n) is 11.7. The first-order valence-electron chi connectivity index (χ1n) is 6.94. The summed E-state index contributed by atoms with van der Waals surface area (Å²) in [5, 5.41) is 12.7. The van der Waals surface area contributed by atoms with E-state index in [0.29, 0.717) is 11.8 Å². The summed E-state index contributed by atoms with van der Waals surface area (Å²) in [6.45, 7) is 2.04. The fourth-order valence-electron chi connectivity index (χ4n) is 2.11.